The van der Waals surface area contributed by atoms with Gasteiger partial charge in [-0.05, 0) is 24.3 Å². The normalized spacial score (nSPS) is 24.8. The molecule has 1 saturated heterocycles. The number of carbonyl (C=O) groups excluding carboxylic acids is 5. The van der Waals surface area contributed by atoms with E-state index in [0.29, 0.717) is 0 Å². The van der Waals surface area contributed by atoms with Gasteiger partial charge in [-0.3, -0.25) is 28.9 Å². The lowest BCUT2D eigenvalue weighted by molar-refractivity contribution is -0.216. The third kappa shape index (κ3) is 5.67. The Kier molecular flexibility index (Phi) is 7.94. The summed E-state index contributed by atoms with van der Waals surface area (Å²) in [6, 6.07) is 14.2. The lowest BCUT2D eigenvalue weighted by Gasteiger charge is -2.47. The van der Waals surface area contributed by atoms with Gasteiger partial charge in [-0.25, -0.2) is 0 Å². The lowest BCUT2D eigenvalue weighted by atomic mass is 9.96. The predicted octanol–water partition coefficient (Wildman–Crippen LogP) is 2.59. The highest BCUT2D eigenvalue weighted by molar-refractivity contribution is 7.99. The van der Waals surface area contributed by atoms with Crippen molar-refractivity contribution in [3.05, 3.63) is 65.7 Å². The first-order valence-electron chi connectivity index (χ1n) is 11.5. The number of rotatable bonds is 7. The van der Waals surface area contributed by atoms with E-state index in [9.17, 15) is 24.0 Å². The van der Waals surface area contributed by atoms with E-state index in [1.165, 1.54) is 37.7 Å². The molecule has 2 aliphatic heterocycles. The Bertz CT molecular complexity index is 1180. The summed E-state index contributed by atoms with van der Waals surface area (Å²) in [5.41, 5.74) is -0.575. The molecule has 0 radical (unpaired) electrons. The summed E-state index contributed by atoms with van der Waals surface area (Å²) in [4.78, 5) is 64.6. The average molecular weight is 528 g/mol. The van der Waals surface area contributed by atoms with Gasteiger partial charge in [0.25, 0.3) is 11.8 Å². The topological polar surface area (TPSA) is 126 Å². The fourth-order valence-corrected chi connectivity index (χ4v) is 5.56. The van der Waals surface area contributed by atoms with Gasteiger partial charge in [-0.2, -0.15) is 0 Å². The van der Waals surface area contributed by atoms with E-state index in [1.54, 1.807) is 12.1 Å². The van der Waals surface area contributed by atoms with Gasteiger partial charge in [0.2, 0.25) is 0 Å². The number of amides is 2. The van der Waals surface area contributed by atoms with Crippen LogP contribution in [0.25, 0.3) is 0 Å². The molecule has 37 heavy (non-hydrogen) atoms. The van der Waals surface area contributed by atoms with Gasteiger partial charge in [0.05, 0.1) is 11.1 Å². The Hall–Kier alpha value is -3.70. The summed E-state index contributed by atoms with van der Waals surface area (Å²) in [6.07, 6.45) is -3.63. The second-order valence-corrected chi connectivity index (χ2v) is 9.61. The van der Waals surface area contributed by atoms with Gasteiger partial charge in [0.15, 0.2) is 12.2 Å². The van der Waals surface area contributed by atoms with Crippen molar-refractivity contribution in [3.63, 3.8) is 0 Å². The van der Waals surface area contributed by atoms with Crippen LogP contribution < -0.4 is 0 Å². The fourth-order valence-electron chi connectivity index (χ4n) is 4.37. The van der Waals surface area contributed by atoms with Crippen molar-refractivity contribution in [2.45, 2.75) is 55.5 Å². The fraction of sp³-hybridized carbons (Fsp3) is 0.346. The van der Waals surface area contributed by atoms with E-state index >= 15 is 0 Å². The summed E-state index contributed by atoms with van der Waals surface area (Å²) in [5.74, 6) is -3.21. The highest BCUT2D eigenvalue weighted by Gasteiger charge is 2.56. The molecule has 2 heterocycles. The van der Waals surface area contributed by atoms with Gasteiger partial charge < -0.3 is 18.9 Å². The van der Waals surface area contributed by atoms with E-state index < -0.39 is 59.5 Å². The molecule has 194 valence electrons. The maximum absolute atomic E-state index is 13.5. The van der Waals surface area contributed by atoms with Crippen LogP contribution in [0.1, 0.15) is 41.5 Å². The van der Waals surface area contributed by atoms with Crippen LogP contribution >= 0.6 is 11.8 Å². The quantitative estimate of drug-likeness (QED) is 0.301. The molecule has 0 aromatic heterocycles. The zero-order valence-corrected chi connectivity index (χ0v) is 21.1. The number of thioether (sulfide) groups is 1. The van der Waals surface area contributed by atoms with E-state index in [1.807, 2.05) is 30.3 Å². The van der Waals surface area contributed by atoms with Crippen molar-refractivity contribution in [1.29, 1.82) is 0 Å². The number of hydrogen-bond donors (Lipinski definition) is 0. The molecule has 0 saturated carbocycles. The molecule has 2 amide bonds. The number of hydrogen-bond acceptors (Lipinski definition) is 10. The molecule has 0 bridgehead atoms. The van der Waals surface area contributed by atoms with E-state index in [-0.39, 0.29) is 17.7 Å². The molecule has 2 aromatic rings. The van der Waals surface area contributed by atoms with Crippen LogP contribution in [0, 0.1) is 0 Å². The van der Waals surface area contributed by atoms with Crippen LogP contribution in [0.2, 0.25) is 0 Å². The summed E-state index contributed by atoms with van der Waals surface area (Å²) in [6.45, 7) is 3.23. The number of ether oxygens (including phenoxy) is 4. The number of carbonyl (C=O) groups is 5. The van der Waals surface area contributed by atoms with Crippen molar-refractivity contribution in [2.75, 3.05) is 6.61 Å². The molecule has 2 aromatic carbocycles. The first kappa shape index (κ1) is 26.4. The minimum absolute atomic E-state index is 0.198. The Balaban J connectivity index is 1.81. The second-order valence-electron chi connectivity index (χ2n) is 8.44. The molecule has 10 nitrogen and oxygen atoms in total. The van der Waals surface area contributed by atoms with Gasteiger partial charge in [0.1, 0.15) is 24.2 Å². The third-order valence-corrected chi connectivity index (χ3v) is 6.96. The molecule has 5 unspecified atom stereocenters. The Morgan fingerprint density at radius 1 is 0.811 bits per heavy atom. The maximum Gasteiger partial charge on any atom is 0.303 e. The van der Waals surface area contributed by atoms with Crippen molar-refractivity contribution in [3.8, 4) is 0 Å². The standard InChI is InChI=1S/C26H25NO9S/c1-14(28)33-13-20-22(34-15(2)29)23(35-16(3)30)21(26(36-20)37-17-9-5-4-6-10-17)27-24(31)18-11-7-8-12-19(18)25(27)32/h4-12,20-23,26H,13H2,1-3H3. The summed E-state index contributed by atoms with van der Waals surface area (Å²) in [5, 5.41) is 0. The number of imide groups is 1. The monoisotopic (exact) mass is 527 g/mol. The van der Waals surface area contributed by atoms with Crippen LogP contribution in [-0.2, 0) is 33.3 Å². The number of fused-ring (bicyclic) bond motifs is 1. The Morgan fingerprint density at radius 2 is 1.35 bits per heavy atom. The maximum atomic E-state index is 13.5. The highest BCUT2D eigenvalue weighted by atomic mass is 32.2. The van der Waals surface area contributed by atoms with Gasteiger partial charge in [0, 0.05) is 25.7 Å². The lowest BCUT2D eigenvalue weighted by Crippen LogP contribution is -2.66. The smallest absolute Gasteiger partial charge is 0.303 e. The number of nitrogens with zero attached hydrogens (tertiary/aromatic N) is 1. The molecule has 0 spiro atoms. The SMILES string of the molecule is CC(=O)OCC1OC(Sc2ccccc2)C(N2C(=O)c3ccccc3C2=O)C(OC(C)=O)C1OC(C)=O. The van der Waals surface area contributed by atoms with E-state index in [0.717, 1.165) is 16.7 Å². The molecule has 5 atom stereocenters. The minimum Gasteiger partial charge on any atom is -0.463 e. The molecule has 1 fully saturated rings. The number of esters is 3. The second kappa shape index (κ2) is 11.1. The Labute approximate surface area is 217 Å². The summed E-state index contributed by atoms with van der Waals surface area (Å²) >= 11 is 1.19. The average Bonchev–Trinajstić information content (AvgIpc) is 3.10. The van der Waals surface area contributed by atoms with Crippen molar-refractivity contribution < 1.29 is 42.9 Å². The predicted molar refractivity (Wildman–Crippen MR) is 129 cm³/mol. The van der Waals surface area contributed by atoms with Gasteiger partial charge >= 0.3 is 17.9 Å². The molecular weight excluding hydrogens is 502 g/mol. The van der Waals surface area contributed by atoms with Crippen LogP contribution in [0.4, 0.5) is 0 Å². The molecule has 2 aliphatic rings. The summed E-state index contributed by atoms with van der Waals surface area (Å²) < 4.78 is 22.5. The first-order chi connectivity index (χ1) is 17.7. The van der Waals surface area contributed by atoms with Crippen LogP contribution in [-0.4, -0.2) is 71.0 Å². The molecule has 0 aliphatic carbocycles. The Morgan fingerprint density at radius 3 is 1.89 bits per heavy atom. The van der Waals surface area contributed by atoms with Crippen LogP contribution in [0.15, 0.2) is 59.5 Å². The van der Waals surface area contributed by atoms with E-state index in [2.05, 4.69) is 0 Å². The van der Waals surface area contributed by atoms with Crippen LogP contribution in [0.5, 0.6) is 0 Å². The van der Waals surface area contributed by atoms with Crippen molar-refractivity contribution in [1.82, 2.24) is 4.90 Å². The highest BCUT2D eigenvalue weighted by Crippen LogP contribution is 2.40. The minimum atomic E-state index is -1.31. The van der Waals surface area contributed by atoms with Gasteiger partial charge in [-0.15, -0.1) is 0 Å². The number of benzene rings is 2. The van der Waals surface area contributed by atoms with E-state index in [4.69, 9.17) is 18.9 Å². The van der Waals surface area contributed by atoms with Crippen molar-refractivity contribution >= 4 is 41.5 Å². The largest absolute Gasteiger partial charge is 0.463 e. The van der Waals surface area contributed by atoms with Crippen LogP contribution in [0.3, 0.4) is 0 Å². The molecule has 0 N–H and O–H groups in total. The zero-order chi connectivity index (χ0) is 26.7. The van der Waals surface area contributed by atoms with Crippen molar-refractivity contribution in [2.24, 2.45) is 0 Å². The summed E-state index contributed by atoms with van der Waals surface area (Å²) in [7, 11) is 0. The zero-order valence-electron chi connectivity index (χ0n) is 20.3. The third-order valence-electron chi connectivity index (χ3n) is 5.79. The van der Waals surface area contributed by atoms with Gasteiger partial charge in [-0.1, -0.05) is 42.1 Å². The molecular formula is C26H25NO9S. The molecule has 4 rings (SSSR count). The first-order valence-corrected chi connectivity index (χ1v) is 12.4. The molecule has 11 heteroatoms.